The lowest BCUT2D eigenvalue weighted by atomic mass is 9.82. The van der Waals surface area contributed by atoms with Crippen LogP contribution in [0.3, 0.4) is 0 Å². The van der Waals surface area contributed by atoms with Crippen molar-refractivity contribution in [2.45, 2.75) is 63.8 Å². The fraction of sp³-hybridized carbons (Fsp3) is 0.464. The van der Waals surface area contributed by atoms with Crippen LogP contribution in [0.25, 0.3) is 0 Å². The van der Waals surface area contributed by atoms with Gasteiger partial charge in [-0.05, 0) is 49.8 Å². The lowest BCUT2D eigenvalue weighted by molar-refractivity contribution is -0.132. The fourth-order valence-corrected chi connectivity index (χ4v) is 4.46. The zero-order valence-electron chi connectivity index (χ0n) is 20.9. The molecule has 35 heavy (non-hydrogen) atoms. The molecule has 0 bridgehead atoms. The predicted octanol–water partition coefficient (Wildman–Crippen LogP) is 4.04. The van der Waals surface area contributed by atoms with E-state index in [1.54, 1.807) is 0 Å². The Kier molecular flexibility index (Phi) is 9.27. The minimum absolute atomic E-state index is 0.115. The molecule has 0 aliphatic carbocycles. The Bertz CT molecular complexity index is 1010. The van der Waals surface area contributed by atoms with E-state index in [1.165, 1.54) is 5.56 Å². The number of ether oxygens (including phenoxy) is 1. The van der Waals surface area contributed by atoms with Crippen molar-refractivity contribution in [1.29, 1.82) is 5.26 Å². The number of piperidine rings is 1. The number of alkyl carbamates (subject to hydrolysis) is 1. The van der Waals surface area contributed by atoms with Crippen molar-refractivity contribution in [3.63, 3.8) is 0 Å². The Morgan fingerprint density at radius 2 is 1.74 bits per heavy atom. The third-order valence-electron chi connectivity index (χ3n) is 6.50. The Morgan fingerprint density at radius 1 is 1.11 bits per heavy atom. The van der Waals surface area contributed by atoms with Crippen LogP contribution in [0.5, 0.6) is 0 Å². The van der Waals surface area contributed by atoms with Gasteiger partial charge < -0.3 is 20.3 Å². The number of amides is 2. The van der Waals surface area contributed by atoms with E-state index in [0.29, 0.717) is 32.4 Å². The van der Waals surface area contributed by atoms with Crippen LogP contribution < -0.4 is 10.6 Å². The molecule has 186 valence electrons. The second-order valence-electron chi connectivity index (χ2n) is 9.82. The molecule has 3 atom stereocenters. The van der Waals surface area contributed by atoms with Crippen molar-refractivity contribution >= 4 is 12.0 Å². The Morgan fingerprint density at radius 3 is 2.34 bits per heavy atom. The first-order chi connectivity index (χ1) is 16.8. The highest BCUT2D eigenvalue weighted by Gasteiger charge is 2.42. The summed E-state index contributed by atoms with van der Waals surface area (Å²) in [7, 11) is 2.05. The standard InChI is InChI=1S/C28H36N4O3/c1-21(2)16-25(35-27(34)30-19-23-12-8-5-9-13-23)26(33)31-28(20-29)14-15-32(3)24(18-28)17-22-10-6-4-7-11-22/h4-13,21,24-25H,14-19H2,1-3H3,(H,30,34)(H,31,33)/t24?,25-,28?/m0/s1. The van der Waals surface area contributed by atoms with Crippen molar-refractivity contribution in [1.82, 2.24) is 15.5 Å². The highest BCUT2D eigenvalue weighted by atomic mass is 16.6. The quantitative estimate of drug-likeness (QED) is 0.570. The van der Waals surface area contributed by atoms with Crippen molar-refractivity contribution in [3.8, 4) is 6.07 Å². The van der Waals surface area contributed by atoms with Crippen molar-refractivity contribution in [2.75, 3.05) is 13.6 Å². The van der Waals surface area contributed by atoms with Crippen molar-refractivity contribution in [2.24, 2.45) is 5.92 Å². The van der Waals surface area contributed by atoms with Gasteiger partial charge in [0.1, 0.15) is 5.54 Å². The van der Waals surface area contributed by atoms with Gasteiger partial charge in [0, 0.05) is 19.1 Å². The Hall–Kier alpha value is -3.37. The molecule has 2 aromatic rings. The molecule has 0 radical (unpaired) electrons. The maximum atomic E-state index is 13.3. The van der Waals surface area contributed by atoms with Gasteiger partial charge in [0.05, 0.1) is 6.07 Å². The van der Waals surface area contributed by atoms with Crippen LogP contribution in [0, 0.1) is 17.2 Å². The number of hydrogen-bond acceptors (Lipinski definition) is 5. The number of likely N-dealkylation sites (N-methyl/N-ethyl adjacent to an activating group) is 1. The zero-order chi connectivity index (χ0) is 25.3. The monoisotopic (exact) mass is 476 g/mol. The molecule has 7 heteroatoms. The number of nitrogens with one attached hydrogen (secondary N) is 2. The SMILES string of the molecule is CC(C)C[C@H](OC(=O)NCc1ccccc1)C(=O)NC1(C#N)CCN(C)C(Cc2ccccc2)C1. The summed E-state index contributed by atoms with van der Waals surface area (Å²) in [6.45, 7) is 4.94. The van der Waals surface area contributed by atoms with Crippen LogP contribution >= 0.6 is 0 Å². The second-order valence-corrected chi connectivity index (χ2v) is 9.82. The van der Waals surface area contributed by atoms with Crippen molar-refractivity contribution in [3.05, 3.63) is 71.8 Å². The van der Waals surface area contributed by atoms with Crippen LogP contribution in [-0.4, -0.2) is 48.2 Å². The smallest absolute Gasteiger partial charge is 0.408 e. The van der Waals surface area contributed by atoms with Crippen LogP contribution in [-0.2, 0) is 22.5 Å². The Balaban J connectivity index is 1.65. The van der Waals surface area contributed by atoms with Gasteiger partial charge in [-0.1, -0.05) is 74.5 Å². The van der Waals surface area contributed by atoms with Gasteiger partial charge >= 0.3 is 6.09 Å². The summed E-state index contributed by atoms with van der Waals surface area (Å²) < 4.78 is 5.54. The van der Waals surface area contributed by atoms with E-state index < -0.39 is 23.6 Å². The summed E-state index contributed by atoms with van der Waals surface area (Å²) in [5.74, 6) is -0.285. The van der Waals surface area contributed by atoms with Crippen LogP contribution in [0.15, 0.2) is 60.7 Å². The predicted molar refractivity (Wildman–Crippen MR) is 135 cm³/mol. The molecule has 0 saturated carbocycles. The molecule has 0 spiro atoms. The third kappa shape index (κ3) is 7.83. The average molecular weight is 477 g/mol. The maximum Gasteiger partial charge on any atom is 0.408 e. The first-order valence-electron chi connectivity index (χ1n) is 12.3. The zero-order valence-corrected chi connectivity index (χ0v) is 20.9. The molecule has 7 nitrogen and oxygen atoms in total. The number of nitrogens with zero attached hydrogens (tertiary/aromatic N) is 2. The van der Waals surface area contributed by atoms with E-state index in [4.69, 9.17) is 4.74 Å². The lowest BCUT2D eigenvalue weighted by Gasteiger charge is -2.42. The molecular weight excluding hydrogens is 440 g/mol. The van der Waals surface area contributed by atoms with E-state index in [0.717, 1.165) is 12.0 Å². The summed E-state index contributed by atoms with van der Waals surface area (Å²) in [5.41, 5.74) is 1.14. The second kappa shape index (κ2) is 12.4. The molecule has 1 saturated heterocycles. The fourth-order valence-electron chi connectivity index (χ4n) is 4.46. The van der Waals surface area contributed by atoms with Crippen LogP contribution in [0.2, 0.25) is 0 Å². The molecule has 1 aliphatic heterocycles. The van der Waals surface area contributed by atoms with Gasteiger partial charge in [0.15, 0.2) is 6.10 Å². The summed E-state index contributed by atoms with van der Waals surface area (Å²) in [6.07, 6.45) is 0.583. The summed E-state index contributed by atoms with van der Waals surface area (Å²) >= 11 is 0. The lowest BCUT2D eigenvalue weighted by Crippen LogP contribution is -2.59. The van der Waals surface area contributed by atoms with Crippen molar-refractivity contribution < 1.29 is 14.3 Å². The average Bonchev–Trinajstić information content (AvgIpc) is 2.85. The van der Waals surface area contributed by atoms with E-state index >= 15 is 0 Å². The van der Waals surface area contributed by atoms with Gasteiger partial charge in [-0.15, -0.1) is 0 Å². The largest absolute Gasteiger partial charge is 0.436 e. The molecule has 1 heterocycles. The number of rotatable bonds is 9. The van der Waals surface area contributed by atoms with Gasteiger partial charge in [-0.25, -0.2) is 4.79 Å². The van der Waals surface area contributed by atoms with Gasteiger partial charge in [0.25, 0.3) is 5.91 Å². The molecule has 1 fully saturated rings. The molecule has 2 N–H and O–H groups in total. The first kappa shape index (κ1) is 26.2. The highest BCUT2D eigenvalue weighted by Crippen LogP contribution is 2.28. The van der Waals surface area contributed by atoms with Gasteiger partial charge in [-0.3, -0.25) is 4.79 Å². The first-order valence-corrected chi connectivity index (χ1v) is 12.3. The number of carbonyl (C=O) groups excluding carboxylic acids is 2. The highest BCUT2D eigenvalue weighted by molar-refractivity contribution is 5.84. The molecule has 2 aromatic carbocycles. The maximum absolute atomic E-state index is 13.3. The summed E-state index contributed by atoms with van der Waals surface area (Å²) in [5, 5.41) is 15.8. The molecular formula is C28H36N4O3. The molecule has 3 rings (SSSR count). The minimum atomic E-state index is -0.998. The van der Waals surface area contributed by atoms with Gasteiger partial charge in [0.2, 0.25) is 0 Å². The minimum Gasteiger partial charge on any atom is -0.436 e. The molecule has 2 amide bonds. The van der Waals surface area contributed by atoms with E-state index in [2.05, 4.69) is 40.8 Å². The van der Waals surface area contributed by atoms with Gasteiger partial charge in [-0.2, -0.15) is 5.26 Å². The summed E-state index contributed by atoms with van der Waals surface area (Å²) in [4.78, 5) is 28.0. The Labute approximate surface area is 208 Å². The molecule has 1 aliphatic rings. The van der Waals surface area contributed by atoms with E-state index in [1.807, 2.05) is 62.4 Å². The number of likely N-dealkylation sites (tertiary alicyclic amines) is 1. The number of nitriles is 1. The third-order valence-corrected chi connectivity index (χ3v) is 6.50. The number of benzene rings is 2. The van der Waals surface area contributed by atoms with Crippen LogP contribution in [0.4, 0.5) is 4.79 Å². The number of carbonyl (C=O) groups is 2. The number of hydrogen-bond donors (Lipinski definition) is 2. The van der Waals surface area contributed by atoms with E-state index in [-0.39, 0.29) is 12.0 Å². The molecule has 2 unspecified atom stereocenters. The van der Waals surface area contributed by atoms with E-state index in [9.17, 15) is 14.9 Å². The van der Waals surface area contributed by atoms with Crippen LogP contribution in [0.1, 0.15) is 44.2 Å². The molecule has 0 aromatic heterocycles. The normalized spacial score (nSPS) is 21.1. The summed E-state index contributed by atoms with van der Waals surface area (Å²) in [6, 6.07) is 22.2. The topological polar surface area (TPSA) is 94.5 Å².